The summed E-state index contributed by atoms with van der Waals surface area (Å²) >= 11 is 12.4. The Balaban J connectivity index is 1.36. The second-order valence-electron chi connectivity index (χ2n) is 10.6. The van der Waals surface area contributed by atoms with E-state index in [1.165, 1.54) is 55.7 Å². The molecule has 0 radical (unpaired) electrons. The summed E-state index contributed by atoms with van der Waals surface area (Å²) in [7, 11) is 0. The molecule has 228 valence electrons. The van der Waals surface area contributed by atoms with Crippen LogP contribution in [0, 0.1) is 0 Å². The van der Waals surface area contributed by atoms with Gasteiger partial charge in [-0.15, -0.1) is 13.2 Å². The molecule has 2 atom stereocenters. The minimum Gasteiger partial charge on any atom is -0.406 e. The van der Waals surface area contributed by atoms with Crippen molar-refractivity contribution in [1.29, 1.82) is 0 Å². The van der Waals surface area contributed by atoms with Crippen LogP contribution in [0.2, 0.25) is 10.0 Å². The smallest absolute Gasteiger partial charge is 0.406 e. The van der Waals surface area contributed by atoms with Gasteiger partial charge >= 0.3 is 6.36 Å². The Bertz CT molecular complexity index is 1220. The SMILES string of the molecule is O=C(C=Cc1ccc(OC(F)(F)F)cc1)NC[C@@H]1CCN(Cc2cc(Cl)cc(Cl)c2)C(=O)[C@H](CCN2CCCCC2)N1. The van der Waals surface area contributed by atoms with E-state index in [1.54, 1.807) is 6.07 Å². The molecule has 0 aromatic heterocycles. The predicted octanol–water partition coefficient (Wildman–Crippen LogP) is 5.66. The second-order valence-corrected chi connectivity index (χ2v) is 11.5. The second kappa shape index (κ2) is 15.1. The molecule has 2 saturated heterocycles. The van der Waals surface area contributed by atoms with Gasteiger partial charge in [0.2, 0.25) is 11.8 Å². The number of ether oxygens (including phenoxy) is 1. The number of halogens is 5. The van der Waals surface area contributed by atoms with Crippen LogP contribution in [0.15, 0.2) is 48.5 Å². The molecule has 2 aliphatic heterocycles. The molecular formula is C30H35Cl2F3N4O3. The molecule has 2 fully saturated rings. The van der Waals surface area contributed by atoms with Gasteiger partial charge in [-0.2, -0.15) is 0 Å². The highest BCUT2D eigenvalue weighted by Crippen LogP contribution is 2.24. The summed E-state index contributed by atoms with van der Waals surface area (Å²) in [5, 5.41) is 7.39. The zero-order chi connectivity index (χ0) is 30.1. The lowest BCUT2D eigenvalue weighted by molar-refractivity contribution is -0.274. The summed E-state index contributed by atoms with van der Waals surface area (Å²) in [5.74, 6) is -0.673. The van der Waals surface area contributed by atoms with Crippen LogP contribution in [0.25, 0.3) is 6.08 Å². The Morgan fingerprint density at radius 3 is 2.40 bits per heavy atom. The van der Waals surface area contributed by atoms with Gasteiger partial charge in [0.15, 0.2) is 0 Å². The highest BCUT2D eigenvalue weighted by molar-refractivity contribution is 6.34. The van der Waals surface area contributed by atoms with Gasteiger partial charge in [0.25, 0.3) is 0 Å². The van der Waals surface area contributed by atoms with Gasteiger partial charge in [0, 0.05) is 48.3 Å². The van der Waals surface area contributed by atoms with Crippen LogP contribution in [-0.2, 0) is 16.1 Å². The van der Waals surface area contributed by atoms with Gasteiger partial charge in [-0.3, -0.25) is 9.59 Å². The van der Waals surface area contributed by atoms with Crippen molar-refractivity contribution in [3.8, 4) is 5.75 Å². The highest BCUT2D eigenvalue weighted by atomic mass is 35.5. The predicted molar refractivity (Wildman–Crippen MR) is 157 cm³/mol. The van der Waals surface area contributed by atoms with Crippen LogP contribution in [-0.4, -0.2) is 72.8 Å². The molecule has 0 saturated carbocycles. The van der Waals surface area contributed by atoms with Gasteiger partial charge < -0.3 is 25.2 Å². The maximum atomic E-state index is 13.6. The summed E-state index contributed by atoms with van der Waals surface area (Å²) in [6.45, 7) is 4.08. The van der Waals surface area contributed by atoms with Gasteiger partial charge in [-0.05, 0) is 86.3 Å². The molecule has 42 heavy (non-hydrogen) atoms. The number of nitrogens with one attached hydrogen (secondary N) is 2. The van der Waals surface area contributed by atoms with Crippen LogP contribution in [0.5, 0.6) is 5.75 Å². The van der Waals surface area contributed by atoms with E-state index in [0.29, 0.717) is 48.1 Å². The molecule has 2 aromatic carbocycles. The molecule has 0 aliphatic carbocycles. The summed E-state index contributed by atoms with van der Waals surface area (Å²) < 4.78 is 40.9. The van der Waals surface area contributed by atoms with Crippen LogP contribution in [0.4, 0.5) is 13.2 Å². The van der Waals surface area contributed by atoms with Crippen molar-refractivity contribution in [3.05, 3.63) is 69.7 Å². The summed E-state index contributed by atoms with van der Waals surface area (Å²) in [6, 6.07) is 9.96. The van der Waals surface area contributed by atoms with E-state index in [1.807, 2.05) is 17.0 Å². The van der Waals surface area contributed by atoms with Crippen molar-refractivity contribution in [2.45, 2.75) is 57.1 Å². The van der Waals surface area contributed by atoms with E-state index in [2.05, 4.69) is 20.3 Å². The Labute approximate surface area is 254 Å². The van der Waals surface area contributed by atoms with Crippen molar-refractivity contribution in [2.75, 3.05) is 32.7 Å². The number of alkyl halides is 3. The summed E-state index contributed by atoms with van der Waals surface area (Å²) in [6.07, 6.45) is 2.93. The standard InChI is InChI=1S/C30H35Cl2F3N4O3/c31-23-16-22(17-24(32)18-23)20-39-15-10-25(37-27(29(39)41)11-14-38-12-2-1-3-13-38)19-36-28(40)9-6-21-4-7-26(8-5-21)42-30(33,34)35/h4-9,16-18,25,27,37H,1-3,10-15,19-20H2,(H,36,40)/t25-,27-/m0/s1. The molecule has 2 N–H and O–H groups in total. The van der Waals surface area contributed by atoms with Crippen LogP contribution >= 0.6 is 23.2 Å². The molecule has 2 amide bonds. The van der Waals surface area contributed by atoms with Crippen molar-refractivity contribution in [2.24, 2.45) is 0 Å². The van der Waals surface area contributed by atoms with Crippen molar-refractivity contribution >= 4 is 41.1 Å². The van der Waals surface area contributed by atoms with E-state index < -0.39 is 12.4 Å². The van der Waals surface area contributed by atoms with Gasteiger partial charge in [-0.1, -0.05) is 41.8 Å². The average Bonchev–Trinajstić information content (AvgIpc) is 3.08. The lowest BCUT2D eigenvalue weighted by atomic mass is 10.1. The topological polar surface area (TPSA) is 73.9 Å². The molecule has 2 aliphatic rings. The molecule has 2 heterocycles. The Morgan fingerprint density at radius 1 is 1.05 bits per heavy atom. The normalized spacial score (nSPS) is 20.5. The van der Waals surface area contributed by atoms with E-state index in [0.717, 1.165) is 25.2 Å². The zero-order valence-corrected chi connectivity index (χ0v) is 24.6. The molecule has 0 bridgehead atoms. The molecule has 4 rings (SSSR count). The largest absolute Gasteiger partial charge is 0.573 e. The average molecular weight is 628 g/mol. The lowest BCUT2D eigenvalue weighted by Gasteiger charge is -2.30. The van der Waals surface area contributed by atoms with Crippen molar-refractivity contribution < 1.29 is 27.5 Å². The first-order valence-electron chi connectivity index (χ1n) is 14.1. The number of carbonyl (C=O) groups is 2. The maximum absolute atomic E-state index is 13.6. The Morgan fingerprint density at radius 2 is 1.74 bits per heavy atom. The third-order valence-electron chi connectivity index (χ3n) is 7.34. The van der Waals surface area contributed by atoms with E-state index in [4.69, 9.17) is 23.2 Å². The lowest BCUT2D eigenvalue weighted by Crippen LogP contribution is -2.50. The Hall–Kier alpha value is -2.79. The fourth-order valence-corrected chi connectivity index (χ4v) is 5.83. The maximum Gasteiger partial charge on any atom is 0.573 e. The van der Waals surface area contributed by atoms with Crippen molar-refractivity contribution in [1.82, 2.24) is 20.4 Å². The number of hydrogen-bond donors (Lipinski definition) is 2. The van der Waals surface area contributed by atoms with E-state index >= 15 is 0 Å². The molecule has 7 nitrogen and oxygen atoms in total. The summed E-state index contributed by atoms with van der Waals surface area (Å²) in [5.41, 5.74) is 1.40. The molecule has 0 spiro atoms. The molecular weight excluding hydrogens is 592 g/mol. The number of nitrogens with zero attached hydrogens (tertiary/aromatic N) is 2. The van der Waals surface area contributed by atoms with Gasteiger partial charge in [-0.25, -0.2) is 0 Å². The fourth-order valence-electron chi connectivity index (χ4n) is 5.26. The van der Waals surface area contributed by atoms with Crippen molar-refractivity contribution in [3.63, 3.8) is 0 Å². The highest BCUT2D eigenvalue weighted by Gasteiger charge is 2.32. The van der Waals surface area contributed by atoms with E-state index in [-0.39, 0.29) is 23.6 Å². The van der Waals surface area contributed by atoms with Crippen LogP contribution in [0.3, 0.4) is 0 Å². The number of likely N-dealkylation sites (tertiary alicyclic amines) is 1. The number of carbonyl (C=O) groups excluding carboxylic acids is 2. The zero-order valence-electron chi connectivity index (χ0n) is 23.1. The quantitative estimate of drug-likeness (QED) is 0.333. The van der Waals surface area contributed by atoms with Crippen LogP contribution in [0.1, 0.15) is 43.2 Å². The minimum atomic E-state index is -4.76. The molecule has 12 heteroatoms. The van der Waals surface area contributed by atoms with Crippen LogP contribution < -0.4 is 15.4 Å². The third kappa shape index (κ3) is 10.5. The van der Waals surface area contributed by atoms with Gasteiger partial charge in [0.1, 0.15) is 5.75 Å². The first kappa shape index (κ1) is 32.1. The molecule has 0 unspecified atom stereocenters. The molecule has 2 aromatic rings. The number of rotatable bonds is 10. The van der Waals surface area contributed by atoms with Gasteiger partial charge in [0.05, 0.1) is 6.04 Å². The minimum absolute atomic E-state index is 0.00905. The fraction of sp³-hybridized carbons (Fsp3) is 0.467. The van der Waals surface area contributed by atoms with E-state index in [9.17, 15) is 22.8 Å². The third-order valence-corrected chi connectivity index (χ3v) is 7.77. The Kier molecular flexibility index (Phi) is 11.5. The number of benzene rings is 2. The number of amides is 2. The first-order valence-corrected chi connectivity index (χ1v) is 14.8. The first-order chi connectivity index (χ1) is 20.0. The number of hydrogen-bond acceptors (Lipinski definition) is 5. The number of piperidine rings is 1. The summed E-state index contributed by atoms with van der Waals surface area (Å²) in [4.78, 5) is 30.4. The monoisotopic (exact) mass is 626 g/mol.